The Morgan fingerprint density at radius 1 is 1.43 bits per heavy atom. The van der Waals surface area contributed by atoms with Crippen LogP contribution in [0.1, 0.15) is 46.1 Å². The summed E-state index contributed by atoms with van der Waals surface area (Å²) in [7, 11) is 0. The molecule has 0 spiro atoms. The Balaban J connectivity index is 1.88. The van der Waals surface area contributed by atoms with E-state index in [-0.39, 0.29) is 12.1 Å². The lowest BCUT2D eigenvalue weighted by atomic mass is 10.00. The lowest BCUT2D eigenvalue weighted by Crippen LogP contribution is -2.53. The Kier molecular flexibility index (Phi) is 5.50. The fraction of sp³-hybridized carbons (Fsp3) is 0.667. The predicted octanol–water partition coefficient (Wildman–Crippen LogP) is 3.62. The first-order chi connectivity index (χ1) is 10.8. The molecule has 1 saturated heterocycles. The van der Waals surface area contributed by atoms with Gasteiger partial charge in [0.2, 0.25) is 0 Å². The minimum absolute atomic E-state index is 0.186. The van der Waals surface area contributed by atoms with Crippen molar-refractivity contribution in [1.29, 1.82) is 0 Å². The molecule has 23 heavy (non-hydrogen) atoms. The molecule has 1 unspecified atom stereocenters. The topological polar surface area (TPSA) is 45.7 Å². The summed E-state index contributed by atoms with van der Waals surface area (Å²) in [6, 6.07) is 2.44. The van der Waals surface area contributed by atoms with Crippen molar-refractivity contribution in [2.75, 3.05) is 24.5 Å². The van der Waals surface area contributed by atoms with Crippen LogP contribution in [0.5, 0.6) is 0 Å². The van der Waals surface area contributed by atoms with Crippen LogP contribution in [-0.4, -0.2) is 47.3 Å². The Morgan fingerprint density at radius 3 is 2.70 bits per heavy atom. The quantitative estimate of drug-likeness (QED) is 0.831. The minimum atomic E-state index is -0.431. The van der Waals surface area contributed by atoms with E-state index in [1.54, 1.807) is 0 Å². The smallest absolute Gasteiger partial charge is 0.410 e. The summed E-state index contributed by atoms with van der Waals surface area (Å²) in [5, 5.41) is 0. The molecule has 1 aliphatic heterocycles. The number of likely N-dealkylation sites (tertiary alicyclic amines) is 1. The molecule has 1 aromatic rings. The number of hydrogen-bond donors (Lipinski definition) is 0. The number of aromatic nitrogens is 1. The van der Waals surface area contributed by atoms with E-state index in [1.165, 1.54) is 5.56 Å². The van der Waals surface area contributed by atoms with Crippen LogP contribution >= 0.6 is 0 Å². The molecule has 128 valence electrons. The highest BCUT2D eigenvalue weighted by atomic mass is 16.6. The number of aryl methyl sites for hydroxylation is 1. The average Bonchev–Trinajstić information content (AvgIpc) is 2.40. The van der Waals surface area contributed by atoms with Crippen LogP contribution in [0.3, 0.4) is 0 Å². The van der Waals surface area contributed by atoms with Crippen LogP contribution in [0, 0.1) is 6.92 Å². The molecular formula is C18H29N3O2. The first-order valence-corrected chi connectivity index (χ1v) is 8.46. The molecular weight excluding hydrogens is 290 g/mol. The van der Waals surface area contributed by atoms with Gasteiger partial charge in [-0.2, -0.15) is 0 Å². The lowest BCUT2D eigenvalue weighted by molar-refractivity contribution is -0.00622. The van der Waals surface area contributed by atoms with Gasteiger partial charge in [-0.1, -0.05) is 0 Å². The van der Waals surface area contributed by atoms with E-state index in [2.05, 4.69) is 29.8 Å². The average molecular weight is 319 g/mol. The van der Waals surface area contributed by atoms with Crippen molar-refractivity contribution in [3.63, 3.8) is 0 Å². The molecule has 2 heterocycles. The monoisotopic (exact) mass is 319 g/mol. The summed E-state index contributed by atoms with van der Waals surface area (Å²) in [6.07, 6.45) is 5.61. The van der Waals surface area contributed by atoms with E-state index < -0.39 is 5.60 Å². The Morgan fingerprint density at radius 2 is 2.17 bits per heavy atom. The van der Waals surface area contributed by atoms with Gasteiger partial charge in [-0.25, -0.2) is 4.79 Å². The van der Waals surface area contributed by atoms with Crippen LogP contribution in [0.15, 0.2) is 18.5 Å². The maximum Gasteiger partial charge on any atom is 0.410 e. The van der Waals surface area contributed by atoms with Gasteiger partial charge >= 0.3 is 6.09 Å². The first-order valence-electron chi connectivity index (χ1n) is 8.46. The third-order valence-electron chi connectivity index (χ3n) is 4.11. The van der Waals surface area contributed by atoms with Gasteiger partial charge < -0.3 is 14.5 Å². The van der Waals surface area contributed by atoms with Gasteiger partial charge in [0.15, 0.2) is 0 Å². The van der Waals surface area contributed by atoms with Gasteiger partial charge in [-0.05, 0) is 59.1 Å². The third-order valence-corrected chi connectivity index (χ3v) is 4.11. The molecule has 0 saturated carbocycles. The molecule has 1 aromatic heterocycles. The van der Waals surface area contributed by atoms with E-state index in [1.807, 2.05) is 38.1 Å². The standard InChI is InChI=1S/C18H29N3O2/c1-6-20(16-11-14(2)12-19-13-16)9-7-15-8-10-21(15)17(22)23-18(3,4)5/h11-13,15H,6-10H2,1-5H3. The number of ether oxygens (including phenoxy) is 1. The zero-order valence-electron chi connectivity index (χ0n) is 15.0. The summed E-state index contributed by atoms with van der Waals surface area (Å²) in [4.78, 5) is 20.6. The fourth-order valence-corrected chi connectivity index (χ4v) is 2.79. The van der Waals surface area contributed by atoms with Gasteiger partial charge in [-0.3, -0.25) is 4.98 Å². The minimum Gasteiger partial charge on any atom is -0.444 e. The highest BCUT2D eigenvalue weighted by Crippen LogP contribution is 2.25. The second-order valence-corrected chi connectivity index (χ2v) is 7.21. The maximum atomic E-state index is 12.2. The molecule has 2 rings (SSSR count). The van der Waals surface area contributed by atoms with Gasteiger partial charge in [0, 0.05) is 31.9 Å². The number of pyridine rings is 1. The van der Waals surface area contributed by atoms with Gasteiger partial charge in [-0.15, -0.1) is 0 Å². The normalized spacial score (nSPS) is 17.6. The highest BCUT2D eigenvalue weighted by Gasteiger charge is 2.35. The van der Waals surface area contributed by atoms with Gasteiger partial charge in [0.25, 0.3) is 0 Å². The summed E-state index contributed by atoms with van der Waals surface area (Å²) < 4.78 is 5.47. The molecule has 1 atom stereocenters. The van der Waals surface area contributed by atoms with Crippen molar-refractivity contribution in [3.05, 3.63) is 24.0 Å². The lowest BCUT2D eigenvalue weighted by Gasteiger charge is -2.42. The van der Waals surface area contributed by atoms with Crippen LogP contribution in [0.25, 0.3) is 0 Å². The number of amides is 1. The Labute approximate surface area is 139 Å². The zero-order chi connectivity index (χ0) is 17.0. The number of hydrogen-bond acceptors (Lipinski definition) is 4. The number of anilines is 1. The maximum absolute atomic E-state index is 12.2. The number of rotatable bonds is 5. The van der Waals surface area contributed by atoms with Crippen molar-refractivity contribution >= 4 is 11.8 Å². The molecule has 0 aromatic carbocycles. The second kappa shape index (κ2) is 7.20. The van der Waals surface area contributed by atoms with E-state index in [0.29, 0.717) is 0 Å². The van der Waals surface area contributed by atoms with Crippen molar-refractivity contribution in [2.45, 2.75) is 59.1 Å². The van der Waals surface area contributed by atoms with Crippen LogP contribution in [0.2, 0.25) is 0 Å². The summed E-state index contributed by atoms with van der Waals surface area (Å²) in [5.41, 5.74) is 1.88. The Bertz CT molecular complexity index is 539. The van der Waals surface area contributed by atoms with Gasteiger partial charge in [0.05, 0.1) is 11.9 Å². The fourth-order valence-electron chi connectivity index (χ4n) is 2.79. The van der Waals surface area contributed by atoms with E-state index in [0.717, 1.165) is 38.2 Å². The van der Waals surface area contributed by atoms with E-state index in [4.69, 9.17) is 4.74 Å². The Hall–Kier alpha value is -1.78. The van der Waals surface area contributed by atoms with E-state index >= 15 is 0 Å². The largest absolute Gasteiger partial charge is 0.444 e. The molecule has 0 bridgehead atoms. The molecule has 0 radical (unpaired) electrons. The van der Waals surface area contributed by atoms with Crippen molar-refractivity contribution in [1.82, 2.24) is 9.88 Å². The van der Waals surface area contributed by atoms with Crippen LogP contribution < -0.4 is 4.90 Å². The molecule has 5 heteroatoms. The third kappa shape index (κ3) is 4.85. The highest BCUT2D eigenvalue weighted by molar-refractivity contribution is 5.69. The van der Waals surface area contributed by atoms with Crippen molar-refractivity contribution < 1.29 is 9.53 Å². The number of carbonyl (C=O) groups excluding carboxylic acids is 1. The summed E-state index contributed by atoms with van der Waals surface area (Å²) in [6.45, 7) is 12.6. The van der Waals surface area contributed by atoms with Crippen molar-refractivity contribution in [3.8, 4) is 0 Å². The first kappa shape index (κ1) is 17.6. The van der Waals surface area contributed by atoms with Crippen LogP contribution in [0.4, 0.5) is 10.5 Å². The summed E-state index contributed by atoms with van der Waals surface area (Å²) >= 11 is 0. The molecule has 1 fully saturated rings. The molecule has 1 amide bonds. The molecule has 5 nitrogen and oxygen atoms in total. The summed E-state index contributed by atoms with van der Waals surface area (Å²) in [5.74, 6) is 0. The molecule has 1 aliphatic rings. The predicted molar refractivity (Wildman–Crippen MR) is 92.8 cm³/mol. The molecule has 0 aliphatic carbocycles. The molecule has 0 N–H and O–H groups in total. The SMILES string of the molecule is CCN(CCC1CCN1C(=O)OC(C)(C)C)c1cncc(C)c1. The van der Waals surface area contributed by atoms with Crippen molar-refractivity contribution in [2.24, 2.45) is 0 Å². The second-order valence-electron chi connectivity index (χ2n) is 7.21. The number of nitrogens with zero attached hydrogens (tertiary/aromatic N) is 3. The van der Waals surface area contributed by atoms with Gasteiger partial charge in [0.1, 0.15) is 5.60 Å². The number of carbonyl (C=O) groups is 1. The van der Waals surface area contributed by atoms with E-state index in [9.17, 15) is 4.79 Å². The van der Waals surface area contributed by atoms with Crippen LogP contribution in [-0.2, 0) is 4.74 Å². The zero-order valence-corrected chi connectivity index (χ0v) is 15.0.